The standard InChI is InChI=1S/C13H15N3OS/c1-9-16-12(8-18-9)5-6-15-13(17)10-3-2-4-11(14)7-10/h2-4,7-8H,5-6,14H2,1H3,(H,15,17). The van der Waals surface area contributed by atoms with E-state index in [9.17, 15) is 4.79 Å². The minimum atomic E-state index is -0.103. The van der Waals surface area contributed by atoms with E-state index in [0.29, 0.717) is 17.8 Å². The molecule has 2 aromatic rings. The first-order valence-corrected chi connectivity index (χ1v) is 6.58. The van der Waals surface area contributed by atoms with Gasteiger partial charge in [-0.15, -0.1) is 11.3 Å². The van der Waals surface area contributed by atoms with Crippen LogP contribution in [0, 0.1) is 6.92 Å². The van der Waals surface area contributed by atoms with E-state index in [4.69, 9.17) is 5.73 Å². The average Bonchev–Trinajstić information content (AvgIpc) is 2.75. The van der Waals surface area contributed by atoms with Gasteiger partial charge in [0, 0.05) is 29.6 Å². The first kappa shape index (κ1) is 12.6. The highest BCUT2D eigenvalue weighted by Gasteiger charge is 2.05. The van der Waals surface area contributed by atoms with Gasteiger partial charge in [0.15, 0.2) is 0 Å². The quantitative estimate of drug-likeness (QED) is 0.827. The van der Waals surface area contributed by atoms with Crippen molar-refractivity contribution in [1.82, 2.24) is 10.3 Å². The van der Waals surface area contributed by atoms with Crippen LogP contribution in [0.2, 0.25) is 0 Å². The summed E-state index contributed by atoms with van der Waals surface area (Å²) < 4.78 is 0. The maximum atomic E-state index is 11.8. The number of nitrogens with two attached hydrogens (primary N) is 1. The highest BCUT2D eigenvalue weighted by Crippen LogP contribution is 2.08. The van der Waals surface area contributed by atoms with Crippen molar-refractivity contribution in [1.29, 1.82) is 0 Å². The molecule has 1 heterocycles. The van der Waals surface area contributed by atoms with Crippen molar-refractivity contribution in [3.8, 4) is 0 Å². The number of rotatable bonds is 4. The third-order valence-electron chi connectivity index (χ3n) is 2.48. The first-order chi connectivity index (χ1) is 8.65. The number of carbonyl (C=O) groups is 1. The van der Waals surface area contributed by atoms with Crippen LogP contribution in [0.3, 0.4) is 0 Å². The molecule has 0 radical (unpaired) electrons. The topological polar surface area (TPSA) is 68.0 Å². The van der Waals surface area contributed by atoms with E-state index in [2.05, 4.69) is 10.3 Å². The largest absolute Gasteiger partial charge is 0.399 e. The minimum Gasteiger partial charge on any atom is -0.399 e. The predicted octanol–water partition coefficient (Wildman–Crippen LogP) is 2.01. The van der Waals surface area contributed by atoms with Crippen molar-refractivity contribution in [3.63, 3.8) is 0 Å². The molecule has 3 N–H and O–H groups in total. The van der Waals surface area contributed by atoms with Crippen LogP contribution in [0.1, 0.15) is 21.1 Å². The second kappa shape index (κ2) is 5.64. The molecule has 0 aliphatic heterocycles. The van der Waals surface area contributed by atoms with Gasteiger partial charge in [-0.1, -0.05) is 6.07 Å². The number of hydrogen-bond donors (Lipinski definition) is 2. The van der Waals surface area contributed by atoms with Gasteiger partial charge in [0.25, 0.3) is 5.91 Å². The summed E-state index contributed by atoms with van der Waals surface area (Å²) in [4.78, 5) is 16.1. The van der Waals surface area contributed by atoms with Gasteiger partial charge in [-0.2, -0.15) is 0 Å². The lowest BCUT2D eigenvalue weighted by Crippen LogP contribution is -2.25. The fourth-order valence-corrected chi connectivity index (χ4v) is 2.26. The molecule has 0 fully saturated rings. The highest BCUT2D eigenvalue weighted by atomic mass is 32.1. The van der Waals surface area contributed by atoms with E-state index < -0.39 is 0 Å². The van der Waals surface area contributed by atoms with Crippen LogP contribution in [0.5, 0.6) is 0 Å². The fourth-order valence-electron chi connectivity index (χ4n) is 1.61. The zero-order valence-electron chi connectivity index (χ0n) is 10.1. The van der Waals surface area contributed by atoms with Crippen LogP contribution in [0.4, 0.5) is 5.69 Å². The second-order valence-corrected chi connectivity index (χ2v) is 5.05. The number of amides is 1. The van der Waals surface area contributed by atoms with Crippen LogP contribution in [0.25, 0.3) is 0 Å². The van der Waals surface area contributed by atoms with E-state index in [1.165, 1.54) is 0 Å². The van der Waals surface area contributed by atoms with Gasteiger partial charge < -0.3 is 11.1 Å². The van der Waals surface area contributed by atoms with Crippen LogP contribution in [0.15, 0.2) is 29.6 Å². The molecule has 1 aromatic heterocycles. The van der Waals surface area contributed by atoms with Gasteiger partial charge in [0.1, 0.15) is 0 Å². The van der Waals surface area contributed by atoms with Gasteiger partial charge in [-0.05, 0) is 25.1 Å². The Balaban J connectivity index is 1.85. The van der Waals surface area contributed by atoms with E-state index in [-0.39, 0.29) is 5.91 Å². The molecule has 0 spiro atoms. The molecule has 0 aliphatic rings. The number of nitrogens with one attached hydrogen (secondary N) is 1. The summed E-state index contributed by atoms with van der Waals surface area (Å²) in [5.74, 6) is -0.103. The number of aryl methyl sites for hydroxylation is 1. The van der Waals surface area contributed by atoms with Crippen LogP contribution >= 0.6 is 11.3 Å². The summed E-state index contributed by atoms with van der Waals surface area (Å²) >= 11 is 1.62. The summed E-state index contributed by atoms with van der Waals surface area (Å²) in [5, 5.41) is 5.92. The Bertz CT molecular complexity index is 551. The number of thiazole rings is 1. The smallest absolute Gasteiger partial charge is 0.251 e. The number of aromatic nitrogens is 1. The van der Waals surface area contributed by atoms with E-state index >= 15 is 0 Å². The Morgan fingerprint density at radius 1 is 1.50 bits per heavy atom. The van der Waals surface area contributed by atoms with E-state index in [1.54, 1.807) is 35.6 Å². The molecule has 94 valence electrons. The van der Waals surface area contributed by atoms with Crippen LogP contribution in [-0.4, -0.2) is 17.4 Å². The molecule has 1 aromatic carbocycles. The summed E-state index contributed by atoms with van der Waals surface area (Å²) in [6.07, 6.45) is 0.748. The Kier molecular flexibility index (Phi) is 3.94. The third kappa shape index (κ3) is 3.30. The third-order valence-corrected chi connectivity index (χ3v) is 3.30. The molecule has 0 saturated heterocycles. The van der Waals surface area contributed by atoms with Crippen molar-refractivity contribution >= 4 is 22.9 Å². The number of hydrogen-bond acceptors (Lipinski definition) is 4. The number of benzene rings is 1. The lowest BCUT2D eigenvalue weighted by Gasteiger charge is -2.04. The number of nitrogens with zero attached hydrogens (tertiary/aromatic N) is 1. The SMILES string of the molecule is Cc1nc(CCNC(=O)c2cccc(N)c2)cs1. The van der Waals surface area contributed by atoms with Gasteiger partial charge in [0.2, 0.25) is 0 Å². The van der Waals surface area contributed by atoms with Gasteiger partial charge in [-0.3, -0.25) is 4.79 Å². The van der Waals surface area contributed by atoms with E-state index in [1.807, 2.05) is 12.3 Å². The maximum absolute atomic E-state index is 11.8. The highest BCUT2D eigenvalue weighted by molar-refractivity contribution is 7.09. The van der Waals surface area contributed by atoms with Crippen molar-refractivity contribution in [2.45, 2.75) is 13.3 Å². The Morgan fingerprint density at radius 3 is 3.00 bits per heavy atom. The first-order valence-electron chi connectivity index (χ1n) is 5.70. The van der Waals surface area contributed by atoms with Crippen molar-refractivity contribution in [2.24, 2.45) is 0 Å². The van der Waals surface area contributed by atoms with Gasteiger partial charge in [-0.25, -0.2) is 4.98 Å². The second-order valence-electron chi connectivity index (χ2n) is 3.99. The number of nitrogen functional groups attached to an aromatic ring is 1. The normalized spacial score (nSPS) is 10.3. The Hall–Kier alpha value is -1.88. The number of anilines is 1. The molecular weight excluding hydrogens is 246 g/mol. The molecule has 2 rings (SSSR count). The zero-order chi connectivity index (χ0) is 13.0. The number of carbonyl (C=O) groups excluding carboxylic acids is 1. The summed E-state index contributed by atoms with van der Waals surface area (Å²) in [6, 6.07) is 6.95. The molecule has 0 saturated carbocycles. The molecule has 0 aliphatic carbocycles. The van der Waals surface area contributed by atoms with Gasteiger partial charge in [0.05, 0.1) is 10.7 Å². The Morgan fingerprint density at radius 2 is 2.33 bits per heavy atom. The van der Waals surface area contributed by atoms with E-state index in [0.717, 1.165) is 17.1 Å². The lowest BCUT2D eigenvalue weighted by molar-refractivity contribution is 0.0954. The molecule has 4 nitrogen and oxygen atoms in total. The molecule has 1 amide bonds. The summed E-state index contributed by atoms with van der Waals surface area (Å²) in [6.45, 7) is 2.55. The summed E-state index contributed by atoms with van der Waals surface area (Å²) in [5.41, 5.74) is 7.83. The predicted molar refractivity (Wildman–Crippen MR) is 73.7 cm³/mol. The monoisotopic (exact) mass is 261 g/mol. The Labute approximate surface area is 110 Å². The molecular formula is C13H15N3OS. The summed E-state index contributed by atoms with van der Waals surface area (Å²) in [7, 11) is 0. The molecule has 5 heteroatoms. The molecule has 0 unspecified atom stereocenters. The zero-order valence-corrected chi connectivity index (χ0v) is 11.0. The van der Waals surface area contributed by atoms with Crippen molar-refractivity contribution in [2.75, 3.05) is 12.3 Å². The maximum Gasteiger partial charge on any atom is 0.251 e. The van der Waals surface area contributed by atoms with Crippen molar-refractivity contribution < 1.29 is 4.79 Å². The molecule has 0 atom stereocenters. The fraction of sp³-hybridized carbons (Fsp3) is 0.231. The van der Waals surface area contributed by atoms with Crippen molar-refractivity contribution in [3.05, 3.63) is 45.9 Å². The lowest BCUT2D eigenvalue weighted by atomic mass is 10.2. The molecule has 0 bridgehead atoms. The van der Waals surface area contributed by atoms with Crippen LogP contribution < -0.4 is 11.1 Å². The van der Waals surface area contributed by atoms with Gasteiger partial charge >= 0.3 is 0 Å². The minimum absolute atomic E-state index is 0.103. The molecule has 18 heavy (non-hydrogen) atoms. The van der Waals surface area contributed by atoms with Crippen LogP contribution in [-0.2, 0) is 6.42 Å². The average molecular weight is 261 g/mol.